The molecule has 37 unspecified atom stereocenters. The highest BCUT2D eigenvalue weighted by molar-refractivity contribution is 5.78. The Kier molecular flexibility index (Phi) is 44.6. The van der Waals surface area contributed by atoms with Crippen molar-refractivity contribution in [3.8, 4) is 0 Å². The topological polar surface area (TPSA) is 158 Å². The van der Waals surface area contributed by atoms with Crippen LogP contribution in [0.1, 0.15) is 504 Å². The highest BCUT2D eigenvalue weighted by Crippen LogP contribution is 2.75. The smallest absolute Gasteiger partial charge is 0.312 e. The van der Waals surface area contributed by atoms with E-state index in [1.807, 2.05) is 69.2 Å². The minimum atomic E-state index is -0.343. The van der Waals surface area contributed by atoms with Crippen molar-refractivity contribution in [2.24, 2.45) is 200 Å². The summed E-state index contributed by atoms with van der Waals surface area (Å²) in [6.45, 7) is 43.8. The van der Waals surface area contributed by atoms with Crippen molar-refractivity contribution in [3.05, 3.63) is 0 Å². The van der Waals surface area contributed by atoms with Crippen LogP contribution in [0.25, 0.3) is 0 Å². The second kappa shape index (κ2) is 47.8. The number of hydrogen-bond donors (Lipinski definition) is 0. The average molecular weight is 1870 g/mol. The molecule has 0 aromatic heterocycles. The van der Waals surface area contributed by atoms with Gasteiger partial charge in [0.25, 0.3) is 0 Å². The van der Waals surface area contributed by atoms with Gasteiger partial charge in [-0.1, -0.05) is 210 Å². The van der Waals surface area contributed by atoms with Gasteiger partial charge in [0.2, 0.25) is 0 Å². The first-order valence-electron chi connectivity index (χ1n) is 52.7. The van der Waals surface area contributed by atoms with Crippen molar-refractivity contribution in [2.75, 3.05) is 0 Å². The maximum absolute atomic E-state index is 12.7. The molecule has 12 heteroatoms. The Morgan fingerprint density at radius 2 is 0.556 bits per heavy atom. The fourth-order valence-electron chi connectivity index (χ4n) is 34.0. The Morgan fingerprint density at radius 1 is 0.263 bits per heavy atom. The lowest BCUT2D eigenvalue weighted by atomic mass is 9.63. The predicted octanol–water partition coefficient (Wildman–Crippen LogP) is 34.4. The molecule has 0 aromatic carbocycles. The third-order valence-corrected chi connectivity index (χ3v) is 42.1. The Morgan fingerprint density at radius 3 is 0.932 bits per heavy atom. The van der Waals surface area contributed by atoms with Gasteiger partial charge in [0.1, 0.15) is 33.6 Å². The van der Waals surface area contributed by atoms with Gasteiger partial charge in [0.15, 0.2) is 0 Å². The van der Waals surface area contributed by atoms with Crippen molar-refractivity contribution in [2.45, 2.75) is 538 Å². The zero-order valence-electron chi connectivity index (χ0n) is 81.0. The summed E-state index contributed by atoms with van der Waals surface area (Å²) >= 11 is 0. The van der Waals surface area contributed by atoms with Gasteiger partial charge >= 0.3 is 35.8 Å². The minimum absolute atomic E-state index is 0. The summed E-state index contributed by atoms with van der Waals surface area (Å²) in [6.07, 6.45) is 52.7. The molecule has 0 aliphatic heterocycles. The monoisotopic (exact) mass is 1870 g/mol. The predicted molar refractivity (Wildman–Crippen MR) is 562 cm³/mol. The molecule has 12 nitrogen and oxygen atoms in total. The molecule has 20 aliphatic rings. The van der Waals surface area contributed by atoms with E-state index in [9.17, 15) is 28.8 Å². The van der Waals surface area contributed by atoms with Crippen LogP contribution in [0.15, 0.2) is 0 Å². The third kappa shape index (κ3) is 23.0. The van der Waals surface area contributed by atoms with Gasteiger partial charge in [-0.05, 0) is 430 Å². The summed E-state index contributed by atoms with van der Waals surface area (Å²) in [5, 5.41) is 0. The normalized spacial score (nSPS) is 42.3. The van der Waals surface area contributed by atoms with Crippen LogP contribution in [-0.2, 0) is 57.2 Å². The molecule has 133 heavy (non-hydrogen) atoms. The number of carbonyl (C=O) groups excluding carboxylic acids is 6. The maximum Gasteiger partial charge on any atom is 0.312 e. The molecule has 0 heterocycles. The van der Waals surface area contributed by atoms with Crippen LogP contribution >= 0.6 is 0 Å². The number of ether oxygens (including phenoxy) is 6. The molecule has 0 aromatic rings. The van der Waals surface area contributed by atoms with Crippen molar-refractivity contribution < 1.29 is 57.2 Å². The van der Waals surface area contributed by atoms with E-state index < -0.39 is 0 Å². The Balaban J connectivity index is 0.000000404. The van der Waals surface area contributed by atoms with Crippen LogP contribution in [0.2, 0.25) is 0 Å². The number of rotatable bonds is 20. The summed E-state index contributed by atoms with van der Waals surface area (Å²) in [5.74, 6) is 25.0. The van der Waals surface area contributed by atoms with E-state index in [4.69, 9.17) is 28.4 Å². The first kappa shape index (κ1) is 124. The molecule has 20 aliphatic carbocycles. The molecule has 0 saturated heterocycles. The number of carbonyl (C=O) groups is 6. The molecule has 20 fully saturated rings. The maximum atomic E-state index is 12.7. The summed E-state index contributed by atoms with van der Waals surface area (Å²) < 4.78 is 36.7. The molecule has 0 amide bonds. The van der Waals surface area contributed by atoms with Crippen LogP contribution in [0, 0.1) is 200 Å². The average Bonchev–Trinajstić information content (AvgIpc) is 1.55. The molecular formula is C121H226O12. The molecule has 0 spiro atoms. The zero-order valence-corrected chi connectivity index (χ0v) is 81.0. The first-order valence-corrected chi connectivity index (χ1v) is 52.7. The Hall–Kier alpha value is -3.18. The second-order valence-electron chi connectivity index (χ2n) is 49.6. The largest absolute Gasteiger partial charge is 0.459 e. The van der Waals surface area contributed by atoms with Crippen molar-refractivity contribution in [1.82, 2.24) is 0 Å². The number of hydrogen-bond acceptors (Lipinski definition) is 12. The molecule has 0 radical (unpaired) electrons. The first-order chi connectivity index (χ1) is 57.3. The molecule has 782 valence electrons. The Bertz CT molecular complexity index is 3650. The quantitative estimate of drug-likeness (QED) is 0.0646. The summed E-state index contributed by atoms with van der Waals surface area (Å²) in [5.41, 5.74) is -1.93. The molecular weight excluding hydrogens is 1650 g/mol. The van der Waals surface area contributed by atoms with Crippen LogP contribution in [0.4, 0.5) is 0 Å². The second-order valence-corrected chi connectivity index (χ2v) is 49.6. The molecule has 0 N–H and O–H groups in total. The van der Waals surface area contributed by atoms with Crippen molar-refractivity contribution in [3.63, 3.8) is 0 Å². The lowest BCUT2D eigenvalue weighted by Gasteiger charge is -2.48. The van der Waals surface area contributed by atoms with E-state index in [2.05, 4.69) is 76.2 Å². The third-order valence-electron chi connectivity index (χ3n) is 42.1. The standard InChI is InChI=1S/C20H32O2.2C19H30O2.C18H28O2.C17H30O2.C16H28O2.12CH4/c1-5-19(3,4)18(21)22-20(6-2)11-14-10-15(20)17-13-8-7-12(9-13)16(14)17;1-5-18(2,3)17(20)21-19(4)10-13-9-14(19)16-12-7-6-11(8-12)15(13)16;1-4-11(3)18(20)21-19(5-2)10-14-9-15(19)17-13-7-6-12(8-13)16(14)17;1-4-10(2)17(19)20-18(3)9-13-8-14(18)16-12-6-5-11(7-12)15(13)16;1-5-16(2,3)15(18)19-17(4)12-8-10-13-9-6-7-11-14(13)17;1-4-12(2)15(17)18-16(3)10-9-13-7-5-6-8-14(13)11-16;;;;;;;;;;;;/h12-17H,5-11H2,1-4H3;11-16H,5-10H2,1-4H3;11-17H,4-10H2,1-3H3;10-16H,4-9H2,1-3H3;13-14H,5-12H2,1-4H3;12-14H,4-11H2,1-3H3;12*1H4. The van der Waals surface area contributed by atoms with Gasteiger partial charge in [-0.15, -0.1) is 0 Å². The fraction of sp³-hybridized carbons (Fsp3) is 0.950. The fourth-order valence-corrected chi connectivity index (χ4v) is 34.0. The van der Waals surface area contributed by atoms with Crippen molar-refractivity contribution >= 4 is 35.8 Å². The highest BCUT2D eigenvalue weighted by Gasteiger charge is 2.72. The van der Waals surface area contributed by atoms with Crippen LogP contribution < -0.4 is 0 Å². The summed E-state index contributed by atoms with van der Waals surface area (Å²) in [4.78, 5) is 74.3. The lowest BCUT2D eigenvalue weighted by molar-refractivity contribution is -0.185. The summed E-state index contributed by atoms with van der Waals surface area (Å²) in [6, 6.07) is 0. The number of esters is 6. The summed E-state index contributed by atoms with van der Waals surface area (Å²) in [7, 11) is 0. The van der Waals surface area contributed by atoms with Gasteiger partial charge in [-0.25, -0.2) is 0 Å². The van der Waals surface area contributed by atoms with Crippen LogP contribution in [0.5, 0.6) is 0 Å². The highest BCUT2D eigenvalue weighted by atomic mass is 16.6. The van der Waals surface area contributed by atoms with E-state index in [0.717, 1.165) is 226 Å². The molecule has 20 saturated carbocycles. The van der Waals surface area contributed by atoms with E-state index in [1.165, 1.54) is 180 Å². The van der Waals surface area contributed by atoms with Gasteiger partial charge in [0, 0.05) is 29.6 Å². The van der Waals surface area contributed by atoms with E-state index in [1.54, 1.807) is 0 Å². The Labute approximate surface area is 825 Å². The van der Waals surface area contributed by atoms with Crippen molar-refractivity contribution in [1.29, 1.82) is 0 Å². The van der Waals surface area contributed by atoms with Crippen LogP contribution in [-0.4, -0.2) is 69.4 Å². The lowest BCUT2D eigenvalue weighted by Crippen LogP contribution is -2.49. The van der Waals surface area contributed by atoms with Gasteiger partial charge < -0.3 is 28.4 Å². The van der Waals surface area contributed by atoms with Gasteiger partial charge in [-0.3, -0.25) is 28.8 Å². The van der Waals surface area contributed by atoms with E-state index in [0.29, 0.717) is 29.6 Å². The molecule has 16 bridgehead atoms. The van der Waals surface area contributed by atoms with Gasteiger partial charge in [-0.2, -0.15) is 0 Å². The van der Waals surface area contributed by atoms with Crippen LogP contribution in [0.3, 0.4) is 0 Å². The zero-order chi connectivity index (χ0) is 86.8. The van der Waals surface area contributed by atoms with Gasteiger partial charge in [0.05, 0.1) is 34.0 Å². The number of fused-ring (bicyclic) bond motifs is 38. The molecule has 37 atom stereocenters. The molecule has 20 rings (SSSR count). The SMILES string of the molecule is C.C.C.C.C.C.C.C.C.C.C.C.CCC(C)(C)C(=O)OC1(C)CC2CC1C1C3CCC(C3)C21.CCC(C)(C)C(=O)OC1(C)CCCC2CCCCC21.CCC(C)(C)C(=O)OC1(CC)CC2CC1C1C3CCC(C3)C21.CCC(C)C(=O)OC1(C)CC2CC1C1C3CCC(C3)C21.CCC(C)C(=O)OC1(C)CCC2CCCCC2C1.CCC(C)C(=O)OC1(CC)CC2CC1C1C3CCC(C3)C21. The minimum Gasteiger partial charge on any atom is -0.459 e. The van der Waals surface area contributed by atoms with E-state index in [-0.39, 0.29) is 193 Å². The van der Waals surface area contributed by atoms with E-state index >= 15 is 0 Å².